The Morgan fingerprint density at radius 2 is 1.58 bits per heavy atom. The molecule has 2 aromatic carbocycles. The normalized spacial score (nSPS) is 12.2. The van der Waals surface area contributed by atoms with Crippen molar-refractivity contribution >= 4 is 28.5 Å². The van der Waals surface area contributed by atoms with E-state index in [-0.39, 0.29) is 0 Å². The maximum atomic E-state index is 5.48. The number of methoxy groups -OCH3 is 3. The van der Waals surface area contributed by atoms with Crippen LogP contribution in [0.4, 0.5) is 17.6 Å². The predicted octanol–water partition coefficient (Wildman–Crippen LogP) is 5.18. The van der Waals surface area contributed by atoms with Crippen LogP contribution in [0.2, 0.25) is 0 Å². The summed E-state index contributed by atoms with van der Waals surface area (Å²) in [5.74, 6) is 3.85. The summed E-state index contributed by atoms with van der Waals surface area (Å²) in [4.78, 5) is 16.4. The highest BCUT2D eigenvalue weighted by Gasteiger charge is 2.18. The largest absolute Gasteiger partial charge is 0.493 e. The summed E-state index contributed by atoms with van der Waals surface area (Å²) in [6.07, 6.45) is 5.96. The summed E-state index contributed by atoms with van der Waals surface area (Å²) in [6, 6.07) is 11.8. The Hall–Kier alpha value is -4.05. The summed E-state index contributed by atoms with van der Waals surface area (Å²) in [6.45, 7) is 8.61. The second kappa shape index (κ2) is 14.0. The van der Waals surface area contributed by atoms with Gasteiger partial charge in [-0.05, 0) is 31.5 Å². The number of para-hydroxylation sites is 1. The summed E-state index contributed by atoms with van der Waals surface area (Å²) >= 11 is 0. The van der Waals surface area contributed by atoms with Gasteiger partial charge in [-0.25, -0.2) is 9.97 Å². The van der Waals surface area contributed by atoms with Crippen LogP contribution in [0.1, 0.15) is 33.6 Å². The number of fused-ring (bicyclic) bond motifs is 1. The van der Waals surface area contributed by atoms with Gasteiger partial charge in [0.2, 0.25) is 11.7 Å². The van der Waals surface area contributed by atoms with Crippen molar-refractivity contribution in [3.8, 4) is 22.9 Å². The van der Waals surface area contributed by atoms with E-state index >= 15 is 0 Å². The number of nitrogens with zero attached hydrogens (tertiary/aromatic N) is 5. The Balaban J connectivity index is 0.000000748. The number of hydrogen-bond acceptors (Lipinski definition) is 9. The fraction of sp³-hybridized carbons (Fsp3) is 0.393. The molecule has 4 aromatic rings. The quantitative estimate of drug-likeness (QED) is 0.340. The first-order chi connectivity index (χ1) is 18.6. The molecular weight excluding hydrogens is 482 g/mol. The van der Waals surface area contributed by atoms with Crippen LogP contribution in [0.25, 0.3) is 16.6 Å². The van der Waals surface area contributed by atoms with E-state index in [0.29, 0.717) is 23.1 Å². The molecule has 3 heterocycles. The molecule has 0 spiro atoms. The molecule has 38 heavy (non-hydrogen) atoms. The van der Waals surface area contributed by atoms with Crippen molar-refractivity contribution in [3.63, 3.8) is 0 Å². The number of rotatable bonds is 7. The predicted molar refractivity (Wildman–Crippen MR) is 154 cm³/mol. The van der Waals surface area contributed by atoms with Gasteiger partial charge in [0.15, 0.2) is 11.5 Å². The van der Waals surface area contributed by atoms with E-state index in [2.05, 4.69) is 15.2 Å². The molecule has 5 rings (SSSR count). The van der Waals surface area contributed by atoms with Gasteiger partial charge in [0.25, 0.3) is 0 Å². The van der Waals surface area contributed by atoms with Crippen LogP contribution in [0, 0.1) is 0 Å². The smallest absolute Gasteiger partial charge is 0.227 e. The van der Waals surface area contributed by atoms with Crippen LogP contribution in [-0.2, 0) is 0 Å². The van der Waals surface area contributed by atoms with E-state index in [1.165, 1.54) is 0 Å². The number of aromatic nitrogens is 4. The SMILES string of the molecule is CC.CCN.COc1cc(-n2cnc(Nc3nc(N4CCCC4)nc4ccccc34)c2)cc(OC)c1OC. The zero-order valence-electron chi connectivity index (χ0n) is 23.2. The lowest BCUT2D eigenvalue weighted by atomic mass is 10.2. The highest BCUT2D eigenvalue weighted by molar-refractivity contribution is 5.91. The van der Waals surface area contributed by atoms with Crippen molar-refractivity contribution in [2.75, 3.05) is 51.2 Å². The van der Waals surface area contributed by atoms with E-state index < -0.39 is 0 Å². The van der Waals surface area contributed by atoms with Crippen molar-refractivity contribution < 1.29 is 14.2 Å². The molecule has 0 saturated carbocycles. The topological polar surface area (TPSA) is 113 Å². The second-order valence-electron chi connectivity index (χ2n) is 8.17. The number of imidazole rings is 1. The molecule has 0 amide bonds. The van der Waals surface area contributed by atoms with Crippen LogP contribution in [0.5, 0.6) is 17.2 Å². The molecule has 0 atom stereocenters. The average Bonchev–Trinajstić information content (AvgIpc) is 3.67. The van der Waals surface area contributed by atoms with Gasteiger partial charge in [0.1, 0.15) is 18.0 Å². The third-order valence-electron chi connectivity index (χ3n) is 5.76. The van der Waals surface area contributed by atoms with Gasteiger partial charge >= 0.3 is 0 Å². The van der Waals surface area contributed by atoms with Crippen LogP contribution in [-0.4, -0.2) is 60.5 Å². The Kier molecular flexibility index (Phi) is 10.5. The molecule has 3 N–H and O–H groups in total. The molecular formula is C28H39N7O3. The van der Waals surface area contributed by atoms with Gasteiger partial charge in [0, 0.05) is 30.6 Å². The molecule has 10 nitrogen and oxygen atoms in total. The summed E-state index contributed by atoms with van der Waals surface area (Å²) in [5.41, 5.74) is 6.58. The number of hydrogen-bond donors (Lipinski definition) is 2. The third kappa shape index (κ3) is 6.44. The summed E-state index contributed by atoms with van der Waals surface area (Å²) in [5, 5.41) is 4.33. The van der Waals surface area contributed by atoms with Gasteiger partial charge in [-0.3, -0.25) is 0 Å². The van der Waals surface area contributed by atoms with Gasteiger partial charge in [0.05, 0.1) is 38.7 Å². The number of benzene rings is 2. The number of nitrogens with two attached hydrogens (primary N) is 1. The lowest BCUT2D eigenvalue weighted by Crippen LogP contribution is -2.20. The van der Waals surface area contributed by atoms with E-state index in [9.17, 15) is 0 Å². The van der Waals surface area contributed by atoms with Crippen molar-refractivity contribution in [3.05, 3.63) is 48.9 Å². The van der Waals surface area contributed by atoms with E-state index in [1.54, 1.807) is 27.7 Å². The average molecular weight is 522 g/mol. The lowest BCUT2D eigenvalue weighted by Gasteiger charge is -2.17. The molecule has 1 fully saturated rings. The highest BCUT2D eigenvalue weighted by Crippen LogP contribution is 2.39. The molecule has 0 aliphatic carbocycles. The molecule has 2 aromatic heterocycles. The molecule has 1 aliphatic rings. The van der Waals surface area contributed by atoms with Gasteiger partial charge in [-0.1, -0.05) is 32.9 Å². The standard InChI is InChI=1S/C24H26N6O3.C2H7N.C2H6/c1-31-19-12-16(13-20(32-2)22(19)33-3)30-14-21(25-15-30)27-23-17-8-4-5-9-18(17)26-24(28-23)29-10-6-7-11-29;1-2-3;1-2/h4-5,8-9,12-15H,6-7,10-11H2,1-3H3,(H,26,27,28);2-3H2,1H3;1-2H3. The zero-order valence-corrected chi connectivity index (χ0v) is 23.2. The van der Waals surface area contributed by atoms with Gasteiger partial charge in [-0.2, -0.15) is 4.98 Å². The van der Waals surface area contributed by atoms with Crippen LogP contribution >= 0.6 is 0 Å². The molecule has 0 bridgehead atoms. The monoisotopic (exact) mass is 521 g/mol. The Labute approximate surface area is 224 Å². The Morgan fingerprint density at radius 3 is 2.18 bits per heavy atom. The molecule has 0 radical (unpaired) electrons. The van der Waals surface area contributed by atoms with Crippen molar-refractivity contribution in [1.82, 2.24) is 19.5 Å². The highest BCUT2D eigenvalue weighted by atomic mass is 16.5. The van der Waals surface area contributed by atoms with E-state index in [1.807, 2.05) is 67.9 Å². The molecule has 10 heteroatoms. The van der Waals surface area contributed by atoms with Crippen LogP contribution in [0.3, 0.4) is 0 Å². The Bertz CT molecular complexity index is 1280. The lowest BCUT2D eigenvalue weighted by molar-refractivity contribution is 0.324. The fourth-order valence-electron chi connectivity index (χ4n) is 4.08. The van der Waals surface area contributed by atoms with Crippen LogP contribution in [0.15, 0.2) is 48.9 Å². The second-order valence-corrected chi connectivity index (χ2v) is 8.17. The van der Waals surface area contributed by atoms with E-state index in [0.717, 1.165) is 60.8 Å². The maximum absolute atomic E-state index is 5.48. The molecule has 1 aliphatic heterocycles. The minimum absolute atomic E-state index is 0.545. The fourth-order valence-corrected chi connectivity index (χ4v) is 4.08. The first-order valence-corrected chi connectivity index (χ1v) is 12.9. The molecule has 1 saturated heterocycles. The maximum Gasteiger partial charge on any atom is 0.227 e. The minimum atomic E-state index is 0.545. The van der Waals surface area contributed by atoms with Gasteiger partial charge in [-0.15, -0.1) is 0 Å². The first-order valence-electron chi connectivity index (χ1n) is 12.9. The molecule has 204 valence electrons. The first kappa shape index (κ1) is 28.5. The molecule has 0 unspecified atom stereocenters. The number of ether oxygens (including phenoxy) is 3. The van der Waals surface area contributed by atoms with Gasteiger partial charge < -0.3 is 34.7 Å². The third-order valence-corrected chi connectivity index (χ3v) is 5.76. The minimum Gasteiger partial charge on any atom is -0.493 e. The number of anilines is 3. The van der Waals surface area contributed by atoms with Crippen molar-refractivity contribution in [2.45, 2.75) is 33.6 Å². The van der Waals surface area contributed by atoms with Crippen LogP contribution < -0.4 is 30.2 Å². The van der Waals surface area contributed by atoms with Crippen molar-refractivity contribution in [2.24, 2.45) is 5.73 Å². The summed E-state index contributed by atoms with van der Waals surface area (Å²) in [7, 11) is 4.78. The van der Waals surface area contributed by atoms with Crippen molar-refractivity contribution in [1.29, 1.82) is 0 Å². The zero-order chi connectivity index (χ0) is 27.5. The summed E-state index contributed by atoms with van der Waals surface area (Å²) < 4.78 is 18.3. The Morgan fingerprint density at radius 1 is 0.947 bits per heavy atom. The number of nitrogens with one attached hydrogen (secondary N) is 1. The van der Waals surface area contributed by atoms with E-state index in [4.69, 9.17) is 29.9 Å².